The normalized spacial score (nSPS) is 14.2. The number of nitro groups is 1. The maximum Gasteiger partial charge on any atom is 0.313 e. The molecule has 3 aromatic carbocycles. The van der Waals surface area contributed by atoms with Gasteiger partial charge >= 0.3 is 5.69 Å². The molecule has 0 atom stereocenters. The predicted molar refractivity (Wildman–Crippen MR) is 156 cm³/mol. The van der Waals surface area contributed by atoms with Crippen molar-refractivity contribution in [1.29, 1.82) is 0 Å². The Bertz CT molecular complexity index is 1630. The summed E-state index contributed by atoms with van der Waals surface area (Å²) in [4.78, 5) is 29.7. The predicted octanol–water partition coefficient (Wildman–Crippen LogP) is 7.88. The minimum absolute atomic E-state index is 0.0500. The number of rotatable bonds is 7. The molecule has 1 heterocycles. The zero-order chi connectivity index (χ0) is 27.5. The summed E-state index contributed by atoms with van der Waals surface area (Å²) < 4.78 is 7.79. The molecule has 0 radical (unpaired) electrons. The highest BCUT2D eigenvalue weighted by Gasteiger charge is 2.23. The summed E-state index contributed by atoms with van der Waals surface area (Å²) in [5.41, 5.74) is 1.12. The molecule has 0 amide bonds. The molecule has 200 valence electrons. The second kappa shape index (κ2) is 11.9. The van der Waals surface area contributed by atoms with Gasteiger partial charge in [-0.05, 0) is 54.8 Å². The Morgan fingerprint density at radius 2 is 1.85 bits per heavy atom. The average Bonchev–Trinajstić information content (AvgIpc) is 2.93. The maximum absolute atomic E-state index is 13.5. The lowest BCUT2D eigenvalue weighted by atomic mass is 9.88. The number of ether oxygens (including phenoxy) is 1. The summed E-state index contributed by atoms with van der Waals surface area (Å²) in [5.74, 6) is 0.638. The second-order valence-corrected chi connectivity index (χ2v) is 11.1. The second-order valence-electron chi connectivity index (χ2n) is 9.35. The minimum Gasteiger partial charge on any atom is -0.481 e. The van der Waals surface area contributed by atoms with Gasteiger partial charge in [0.2, 0.25) is 5.75 Å². The van der Waals surface area contributed by atoms with E-state index in [4.69, 9.17) is 32.9 Å². The van der Waals surface area contributed by atoms with Crippen LogP contribution in [0.1, 0.15) is 55.0 Å². The maximum atomic E-state index is 13.5. The molecule has 4 aromatic rings. The van der Waals surface area contributed by atoms with Crippen LogP contribution >= 0.6 is 39.1 Å². The van der Waals surface area contributed by atoms with Gasteiger partial charge in [-0.15, -0.1) is 0 Å². The molecule has 0 N–H and O–H groups in total. The summed E-state index contributed by atoms with van der Waals surface area (Å²) in [6.07, 6.45) is 6.49. The van der Waals surface area contributed by atoms with E-state index in [1.807, 2.05) is 12.1 Å². The van der Waals surface area contributed by atoms with Crippen LogP contribution in [0.25, 0.3) is 10.9 Å². The van der Waals surface area contributed by atoms with Crippen molar-refractivity contribution in [2.75, 3.05) is 0 Å². The van der Waals surface area contributed by atoms with E-state index < -0.39 is 4.92 Å². The van der Waals surface area contributed by atoms with Crippen LogP contribution in [0.5, 0.6) is 5.75 Å². The Morgan fingerprint density at radius 3 is 2.56 bits per heavy atom. The van der Waals surface area contributed by atoms with E-state index >= 15 is 0 Å². The zero-order valence-corrected chi connectivity index (χ0v) is 23.7. The molecule has 0 bridgehead atoms. The van der Waals surface area contributed by atoms with Gasteiger partial charge in [-0.1, -0.05) is 70.5 Å². The molecule has 39 heavy (non-hydrogen) atoms. The third-order valence-corrected chi connectivity index (χ3v) is 7.69. The number of halogens is 3. The first-order valence-electron chi connectivity index (χ1n) is 12.4. The van der Waals surface area contributed by atoms with Crippen molar-refractivity contribution in [2.45, 2.75) is 44.6 Å². The first kappa shape index (κ1) is 27.3. The van der Waals surface area contributed by atoms with Gasteiger partial charge in [0.25, 0.3) is 5.56 Å². The molecule has 1 fully saturated rings. The fraction of sp³-hybridized carbons (Fsp3) is 0.250. The number of hydrogen-bond acceptors (Lipinski definition) is 6. The molecule has 11 heteroatoms. The smallest absolute Gasteiger partial charge is 0.313 e. The largest absolute Gasteiger partial charge is 0.481 e. The molecular formula is C28H23BrCl2N4O4. The van der Waals surface area contributed by atoms with E-state index in [-0.39, 0.29) is 34.5 Å². The fourth-order valence-electron chi connectivity index (χ4n) is 4.72. The Kier molecular flexibility index (Phi) is 8.30. The van der Waals surface area contributed by atoms with E-state index in [9.17, 15) is 14.9 Å². The highest BCUT2D eigenvalue weighted by atomic mass is 79.9. The number of hydrogen-bond donors (Lipinski definition) is 0. The molecular weight excluding hydrogens is 607 g/mol. The van der Waals surface area contributed by atoms with Crippen LogP contribution in [0, 0.1) is 10.1 Å². The third-order valence-electron chi connectivity index (χ3n) is 6.67. The minimum atomic E-state index is -0.560. The van der Waals surface area contributed by atoms with Crippen molar-refractivity contribution in [1.82, 2.24) is 9.66 Å². The van der Waals surface area contributed by atoms with Crippen molar-refractivity contribution in [3.05, 3.63) is 107 Å². The molecule has 0 spiro atoms. The van der Waals surface area contributed by atoms with E-state index in [0.29, 0.717) is 27.3 Å². The van der Waals surface area contributed by atoms with Crippen LogP contribution in [0.3, 0.4) is 0 Å². The highest BCUT2D eigenvalue weighted by molar-refractivity contribution is 9.10. The van der Waals surface area contributed by atoms with Crippen LogP contribution < -0.4 is 10.3 Å². The van der Waals surface area contributed by atoms with Crippen LogP contribution in [0.15, 0.2) is 69.0 Å². The van der Waals surface area contributed by atoms with Gasteiger partial charge in [-0.25, -0.2) is 4.98 Å². The summed E-state index contributed by atoms with van der Waals surface area (Å²) in [5, 5.41) is 17.4. The average molecular weight is 630 g/mol. The van der Waals surface area contributed by atoms with Crippen LogP contribution in [-0.4, -0.2) is 20.8 Å². The molecule has 1 saturated carbocycles. The third kappa shape index (κ3) is 6.16. The van der Waals surface area contributed by atoms with Crippen LogP contribution in [-0.2, 0) is 6.61 Å². The molecule has 1 aliphatic rings. The SMILES string of the molecule is O=c1c2cc(Br)ccc2nc(C2CCCCC2)n1N=Cc1cc(Cl)c(OCc2ccc(Cl)cc2)c([N+](=O)[O-])c1. The fourth-order valence-corrected chi connectivity index (χ4v) is 5.48. The molecule has 1 aliphatic carbocycles. The molecule has 8 nitrogen and oxygen atoms in total. The summed E-state index contributed by atoms with van der Waals surface area (Å²) in [6, 6.07) is 15.2. The Balaban J connectivity index is 1.52. The number of nitrogens with zero attached hydrogens (tertiary/aromatic N) is 4. The van der Waals surface area contributed by atoms with E-state index in [0.717, 1.165) is 42.1 Å². The van der Waals surface area contributed by atoms with Crippen molar-refractivity contribution >= 4 is 61.9 Å². The number of benzene rings is 3. The molecule has 5 rings (SSSR count). The van der Waals surface area contributed by atoms with E-state index in [2.05, 4.69) is 21.0 Å². The quantitative estimate of drug-likeness (QED) is 0.118. The summed E-state index contributed by atoms with van der Waals surface area (Å²) in [6.45, 7) is 0.0730. The van der Waals surface area contributed by atoms with Gasteiger partial charge in [-0.3, -0.25) is 14.9 Å². The molecule has 0 aliphatic heterocycles. The first-order valence-corrected chi connectivity index (χ1v) is 14.0. The van der Waals surface area contributed by atoms with Crippen molar-refractivity contribution in [3.63, 3.8) is 0 Å². The molecule has 0 saturated heterocycles. The van der Waals surface area contributed by atoms with Gasteiger partial charge in [0.15, 0.2) is 0 Å². The lowest BCUT2D eigenvalue weighted by molar-refractivity contribution is -0.385. The lowest BCUT2D eigenvalue weighted by Gasteiger charge is -2.22. The van der Waals surface area contributed by atoms with Gasteiger partial charge in [-0.2, -0.15) is 9.78 Å². The van der Waals surface area contributed by atoms with Crippen molar-refractivity contribution in [3.8, 4) is 5.75 Å². The van der Waals surface area contributed by atoms with Gasteiger partial charge in [0, 0.05) is 27.0 Å². The van der Waals surface area contributed by atoms with Crippen LogP contribution in [0.2, 0.25) is 10.0 Å². The summed E-state index contributed by atoms with van der Waals surface area (Å²) >= 11 is 15.8. The van der Waals surface area contributed by atoms with Crippen molar-refractivity contribution in [2.24, 2.45) is 5.10 Å². The van der Waals surface area contributed by atoms with Crippen LogP contribution in [0.4, 0.5) is 5.69 Å². The van der Waals surface area contributed by atoms with E-state index in [1.54, 1.807) is 30.3 Å². The van der Waals surface area contributed by atoms with Crippen molar-refractivity contribution < 1.29 is 9.66 Å². The van der Waals surface area contributed by atoms with Gasteiger partial charge in [0.05, 0.1) is 27.1 Å². The highest BCUT2D eigenvalue weighted by Crippen LogP contribution is 2.37. The number of nitro benzene ring substituents is 1. The lowest BCUT2D eigenvalue weighted by Crippen LogP contribution is -2.25. The Morgan fingerprint density at radius 1 is 1.10 bits per heavy atom. The number of fused-ring (bicyclic) bond motifs is 1. The molecule has 1 aromatic heterocycles. The zero-order valence-electron chi connectivity index (χ0n) is 20.6. The Hall–Kier alpha value is -3.27. The molecule has 0 unspecified atom stereocenters. The monoisotopic (exact) mass is 628 g/mol. The summed E-state index contributed by atoms with van der Waals surface area (Å²) in [7, 11) is 0. The Labute approximate surface area is 242 Å². The topological polar surface area (TPSA) is 99.6 Å². The number of aromatic nitrogens is 2. The van der Waals surface area contributed by atoms with E-state index in [1.165, 1.54) is 23.0 Å². The van der Waals surface area contributed by atoms with Gasteiger partial charge in [0.1, 0.15) is 12.4 Å². The first-order chi connectivity index (χ1) is 18.8. The standard InChI is InChI=1S/C28H23BrCl2N4O4/c29-20-8-11-24-22(14-20)28(36)34(27(33-24)19-4-2-1-3-5-19)32-15-18-12-23(31)26(25(13-18)35(37)38)39-16-17-6-9-21(30)10-7-17/h6-15,19H,1-5,16H2. The van der Waals surface area contributed by atoms with Gasteiger partial charge < -0.3 is 4.74 Å².